The van der Waals surface area contributed by atoms with Gasteiger partial charge in [-0.2, -0.15) is 11.8 Å². The lowest BCUT2D eigenvalue weighted by Gasteiger charge is -2.22. The van der Waals surface area contributed by atoms with Crippen LogP contribution in [0.4, 0.5) is 10.6 Å². The Kier molecular flexibility index (Phi) is 27.6. The molecule has 0 saturated carbocycles. The normalized spacial score (nSPS) is 12.5. The van der Waals surface area contributed by atoms with Gasteiger partial charge in [0.15, 0.2) is 11.9 Å². The van der Waals surface area contributed by atoms with Gasteiger partial charge in [-0.1, -0.05) is 140 Å². The van der Waals surface area contributed by atoms with Gasteiger partial charge in [0.1, 0.15) is 35.9 Å². The Morgan fingerprint density at radius 3 is 2.07 bits per heavy atom. The molecule has 72 heavy (non-hydrogen) atoms. The Morgan fingerprint density at radius 1 is 0.764 bits per heavy atom. The lowest BCUT2D eigenvalue weighted by molar-refractivity contribution is -0.151. The fraction of sp³-hybridized carbons (Fsp3) is 0.593. The third kappa shape index (κ3) is 20.8. The number of rotatable bonds is 38. The largest absolute Gasteiger partial charge is 0.467 e. The number of pyridine rings is 1. The van der Waals surface area contributed by atoms with Crippen LogP contribution >= 0.6 is 11.8 Å². The van der Waals surface area contributed by atoms with Crippen LogP contribution in [-0.2, 0) is 57.6 Å². The summed E-state index contributed by atoms with van der Waals surface area (Å²) >= 11 is 1.13. The SMILES string of the molecule is CCCCCCCCCCCCCCCC(=O)OC[C@H](CSCC(NC(=O)NCCC(=O)CCc1ccc(Cn2c(CCCC)nc3c(N)nc4ccccc4c32)cc1)C(=O)N[C@@H](CO)C(=O)OC)OC=O. The van der Waals surface area contributed by atoms with Crippen molar-refractivity contribution in [3.8, 4) is 0 Å². The first-order chi connectivity index (χ1) is 35.0. The van der Waals surface area contributed by atoms with Gasteiger partial charge in [0.25, 0.3) is 6.47 Å². The number of aliphatic hydroxyl groups is 1. The molecule has 3 amide bonds. The molecule has 0 aliphatic rings. The van der Waals surface area contributed by atoms with Crippen molar-refractivity contribution in [1.82, 2.24) is 30.5 Å². The van der Waals surface area contributed by atoms with Crippen LogP contribution in [0.15, 0.2) is 48.5 Å². The molecule has 2 heterocycles. The van der Waals surface area contributed by atoms with E-state index in [4.69, 9.17) is 20.2 Å². The minimum absolute atomic E-state index is 0.000377. The van der Waals surface area contributed by atoms with Crippen molar-refractivity contribution in [3.05, 3.63) is 65.5 Å². The first-order valence-electron chi connectivity index (χ1n) is 26.0. The van der Waals surface area contributed by atoms with Crippen LogP contribution in [0.25, 0.3) is 21.9 Å². The van der Waals surface area contributed by atoms with E-state index in [0.29, 0.717) is 30.7 Å². The summed E-state index contributed by atoms with van der Waals surface area (Å²) in [4.78, 5) is 84.7. The standard InChI is InChI=1S/C54H79N7O10S/c1-4-6-8-9-10-11-12-13-14-15-16-17-18-24-48(65)70-35-42(71-38-63)36-72-37-46(52(66)58-45(34-62)53(67)69-3)59-54(68)56-32-31-41(64)30-29-39-25-27-40(28-26-39)33-61-47(23-7-5-2)60-49-50(61)43-21-19-20-22-44(43)57-51(49)55/h19-22,25-28,38,42,45-46,62H,4-18,23-24,29-37H2,1-3H3,(H2,55,57)(H,58,66)(H2,56,59,68)/t42-,45+,46?/m1/s1. The maximum atomic E-state index is 13.3. The smallest absolute Gasteiger partial charge is 0.330 e. The number of anilines is 1. The van der Waals surface area contributed by atoms with E-state index < -0.39 is 48.7 Å². The number of methoxy groups -OCH3 is 1. The van der Waals surface area contributed by atoms with Crippen molar-refractivity contribution in [2.24, 2.45) is 0 Å². The number of para-hydroxylation sites is 1. The van der Waals surface area contributed by atoms with Gasteiger partial charge in [-0.25, -0.2) is 19.6 Å². The molecule has 396 valence electrons. The Bertz CT molecular complexity index is 2290. The highest BCUT2D eigenvalue weighted by atomic mass is 32.2. The number of hydrogen-bond donors (Lipinski definition) is 5. The molecule has 4 rings (SSSR count). The molecule has 17 nitrogen and oxygen atoms in total. The quantitative estimate of drug-likeness (QED) is 0.0123. The number of urea groups is 1. The maximum Gasteiger partial charge on any atom is 0.330 e. The average molecular weight is 1020 g/mol. The molecule has 6 N–H and O–H groups in total. The van der Waals surface area contributed by atoms with Crippen molar-refractivity contribution >= 4 is 75.6 Å². The lowest BCUT2D eigenvalue weighted by Crippen LogP contribution is -2.55. The van der Waals surface area contributed by atoms with E-state index in [9.17, 15) is 33.9 Å². The average Bonchev–Trinajstić information content (AvgIpc) is 3.75. The first kappa shape index (κ1) is 58.8. The summed E-state index contributed by atoms with van der Waals surface area (Å²) in [6.45, 7) is 4.31. The minimum Gasteiger partial charge on any atom is -0.467 e. The monoisotopic (exact) mass is 1020 g/mol. The highest BCUT2D eigenvalue weighted by Gasteiger charge is 2.28. The predicted octanol–water partition coefficient (Wildman–Crippen LogP) is 8.07. The molecule has 0 fully saturated rings. The number of carbonyl (C=O) groups is 6. The number of aromatic nitrogens is 3. The third-order valence-corrected chi connectivity index (χ3v) is 13.7. The molecule has 1 unspecified atom stereocenters. The van der Waals surface area contributed by atoms with Crippen LogP contribution in [0.5, 0.6) is 0 Å². The number of amides is 3. The van der Waals surface area contributed by atoms with Crippen molar-refractivity contribution in [2.75, 3.05) is 44.1 Å². The van der Waals surface area contributed by atoms with Crippen molar-refractivity contribution in [1.29, 1.82) is 0 Å². The van der Waals surface area contributed by atoms with Gasteiger partial charge in [-0.05, 0) is 36.5 Å². The van der Waals surface area contributed by atoms with Gasteiger partial charge in [-0.3, -0.25) is 19.2 Å². The molecule has 0 saturated heterocycles. The number of aliphatic hydroxyl groups excluding tert-OH is 1. The highest BCUT2D eigenvalue weighted by molar-refractivity contribution is 7.99. The molecule has 0 aliphatic heterocycles. The zero-order valence-electron chi connectivity index (χ0n) is 42.8. The van der Waals surface area contributed by atoms with E-state index in [1.54, 1.807) is 0 Å². The van der Waals surface area contributed by atoms with Gasteiger partial charge in [-0.15, -0.1) is 0 Å². The highest BCUT2D eigenvalue weighted by Crippen LogP contribution is 2.30. The number of carbonyl (C=O) groups excluding carboxylic acids is 6. The Morgan fingerprint density at radius 2 is 1.42 bits per heavy atom. The molecule has 0 bridgehead atoms. The fourth-order valence-electron chi connectivity index (χ4n) is 8.37. The molecule has 3 atom stereocenters. The molecule has 0 radical (unpaired) electrons. The fourth-order valence-corrected chi connectivity index (χ4v) is 9.42. The zero-order valence-corrected chi connectivity index (χ0v) is 43.6. The number of esters is 2. The molecule has 4 aromatic rings. The Labute approximate surface area is 429 Å². The van der Waals surface area contributed by atoms with Gasteiger partial charge in [0.2, 0.25) is 5.91 Å². The third-order valence-electron chi connectivity index (χ3n) is 12.5. The van der Waals surface area contributed by atoms with Gasteiger partial charge in [0, 0.05) is 55.7 Å². The number of nitrogen functional groups attached to an aromatic ring is 1. The van der Waals surface area contributed by atoms with Crippen LogP contribution in [0.2, 0.25) is 0 Å². The van der Waals surface area contributed by atoms with Crippen molar-refractivity contribution < 1.29 is 48.1 Å². The maximum absolute atomic E-state index is 13.3. The van der Waals surface area contributed by atoms with Gasteiger partial charge < -0.3 is 45.6 Å². The number of fused-ring (bicyclic) bond motifs is 3. The second-order valence-electron chi connectivity index (χ2n) is 18.3. The Balaban J connectivity index is 1.20. The summed E-state index contributed by atoms with van der Waals surface area (Å²) in [5.74, 6) is -0.697. The lowest BCUT2D eigenvalue weighted by atomic mass is 10.0. The second-order valence-corrected chi connectivity index (χ2v) is 19.4. The summed E-state index contributed by atoms with van der Waals surface area (Å²) in [5.41, 5.74) is 10.9. The molecular formula is C54H79N7O10S. The number of imidazole rings is 1. The molecule has 2 aromatic carbocycles. The van der Waals surface area contributed by atoms with E-state index in [1.165, 1.54) is 57.8 Å². The summed E-state index contributed by atoms with van der Waals surface area (Å²) in [6.07, 6.45) is 18.6. The van der Waals surface area contributed by atoms with E-state index in [1.807, 2.05) is 36.4 Å². The van der Waals surface area contributed by atoms with Crippen LogP contribution in [-0.4, -0.2) is 112 Å². The number of nitrogens with zero attached hydrogens (tertiary/aromatic N) is 3. The number of hydrogen-bond acceptors (Lipinski definition) is 14. The molecule has 2 aromatic heterocycles. The molecule has 0 spiro atoms. The number of nitrogens with one attached hydrogen (secondary N) is 3. The number of ether oxygens (including phenoxy) is 3. The minimum atomic E-state index is -1.38. The van der Waals surface area contributed by atoms with Crippen LogP contribution < -0.4 is 21.7 Å². The number of nitrogens with two attached hydrogens (primary N) is 1. The van der Waals surface area contributed by atoms with Crippen LogP contribution in [0, 0.1) is 0 Å². The Hall–Kier alpha value is -5.75. The van der Waals surface area contributed by atoms with Crippen molar-refractivity contribution in [3.63, 3.8) is 0 Å². The zero-order chi connectivity index (χ0) is 51.9. The molecule has 18 heteroatoms. The van der Waals surface area contributed by atoms with E-state index in [2.05, 4.69) is 56.2 Å². The van der Waals surface area contributed by atoms with Crippen molar-refractivity contribution in [2.45, 2.75) is 167 Å². The summed E-state index contributed by atoms with van der Waals surface area (Å²) < 4.78 is 17.4. The number of unbranched alkanes of at least 4 members (excludes halogenated alkanes) is 13. The predicted molar refractivity (Wildman–Crippen MR) is 282 cm³/mol. The number of ketones is 1. The van der Waals surface area contributed by atoms with Gasteiger partial charge >= 0.3 is 18.0 Å². The molecule has 0 aliphatic carbocycles. The molecular weight excluding hydrogens is 939 g/mol. The number of Topliss-reactive ketones (excluding diaryl/α,β-unsaturated/α-hetero) is 1. The second kappa shape index (κ2) is 33.8. The van der Waals surface area contributed by atoms with E-state index in [-0.39, 0.29) is 56.2 Å². The number of thioether (sulfide) groups is 1. The summed E-state index contributed by atoms with van der Waals surface area (Å²) in [7, 11) is 1.11. The number of benzene rings is 2. The summed E-state index contributed by atoms with van der Waals surface area (Å²) in [6, 6.07) is 12.7. The van der Waals surface area contributed by atoms with Gasteiger partial charge in [0.05, 0.1) is 24.8 Å². The topological polar surface area (TPSA) is 243 Å². The van der Waals surface area contributed by atoms with E-state index in [0.717, 1.165) is 90.8 Å². The van der Waals surface area contributed by atoms with E-state index >= 15 is 0 Å². The van der Waals surface area contributed by atoms with Crippen LogP contribution in [0.3, 0.4) is 0 Å². The van der Waals surface area contributed by atoms with Crippen LogP contribution in [0.1, 0.15) is 146 Å². The first-order valence-corrected chi connectivity index (χ1v) is 27.2. The number of aryl methyl sites for hydroxylation is 2. The summed E-state index contributed by atoms with van der Waals surface area (Å²) in [5, 5.41) is 18.3.